The number of carboxylic acid groups (broad SMARTS) is 1. The first-order valence-corrected chi connectivity index (χ1v) is 3.69. The van der Waals surface area contributed by atoms with Gasteiger partial charge in [0.05, 0.1) is 5.41 Å². The highest BCUT2D eigenvalue weighted by atomic mass is 16.4. The van der Waals surface area contributed by atoms with Gasteiger partial charge in [0, 0.05) is 0 Å². The van der Waals surface area contributed by atoms with Gasteiger partial charge >= 0.3 is 5.97 Å². The molecule has 58 valence electrons. The molecular formula is C8H14O2. The second-order valence-electron chi connectivity index (χ2n) is 3.85. The van der Waals surface area contributed by atoms with Gasteiger partial charge in [-0.25, -0.2) is 0 Å². The zero-order chi connectivity index (χ0) is 7.94. The fourth-order valence-electron chi connectivity index (χ4n) is 1.49. The van der Waals surface area contributed by atoms with Crippen LogP contribution in [-0.4, -0.2) is 11.1 Å². The van der Waals surface area contributed by atoms with Crippen molar-refractivity contribution in [1.82, 2.24) is 0 Å². The van der Waals surface area contributed by atoms with Gasteiger partial charge in [-0.05, 0) is 32.1 Å². The van der Waals surface area contributed by atoms with Crippen LogP contribution in [0, 0.1) is 17.3 Å². The van der Waals surface area contributed by atoms with Crippen molar-refractivity contribution < 1.29 is 9.90 Å². The van der Waals surface area contributed by atoms with Crippen LogP contribution >= 0.6 is 0 Å². The summed E-state index contributed by atoms with van der Waals surface area (Å²) in [5, 5.41) is 8.77. The molecule has 0 heterocycles. The Labute approximate surface area is 61.2 Å². The lowest BCUT2D eigenvalue weighted by molar-refractivity contribution is -0.148. The minimum Gasteiger partial charge on any atom is -0.481 e. The van der Waals surface area contributed by atoms with Crippen molar-refractivity contribution in [3.05, 3.63) is 0 Å². The van der Waals surface area contributed by atoms with Crippen LogP contribution in [0.5, 0.6) is 0 Å². The second-order valence-corrected chi connectivity index (χ2v) is 3.85. The standard InChI is InChI=1S/C8H14O2/c1-5-4-6(5)8(2,3)7(9)10/h5-6H,4H2,1-3H3,(H,9,10). The molecule has 2 unspecified atom stereocenters. The third-order valence-electron chi connectivity index (χ3n) is 2.59. The summed E-state index contributed by atoms with van der Waals surface area (Å²) in [6.07, 6.45) is 1.08. The summed E-state index contributed by atoms with van der Waals surface area (Å²) < 4.78 is 0. The van der Waals surface area contributed by atoms with Crippen molar-refractivity contribution in [2.75, 3.05) is 0 Å². The Balaban J connectivity index is 2.60. The smallest absolute Gasteiger partial charge is 0.309 e. The number of rotatable bonds is 2. The first-order valence-electron chi connectivity index (χ1n) is 3.69. The van der Waals surface area contributed by atoms with Gasteiger partial charge in [0.2, 0.25) is 0 Å². The molecule has 1 saturated carbocycles. The minimum absolute atomic E-state index is 0.407. The molecular weight excluding hydrogens is 128 g/mol. The van der Waals surface area contributed by atoms with Crippen LogP contribution in [0.25, 0.3) is 0 Å². The summed E-state index contributed by atoms with van der Waals surface area (Å²) in [5.41, 5.74) is -0.501. The van der Waals surface area contributed by atoms with Gasteiger partial charge in [-0.3, -0.25) is 4.79 Å². The summed E-state index contributed by atoms with van der Waals surface area (Å²) in [6.45, 7) is 5.72. The molecule has 1 fully saturated rings. The lowest BCUT2D eigenvalue weighted by Gasteiger charge is -2.18. The van der Waals surface area contributed by atoms with Gasteiger partial charge in [-0.1, -0.05) is 6.92 Å². The molecule has 1 aliphatic rings. The van der Waals surface area contributed by atoms with E-state index < -0.39 is 11.4 Å². The van der Waals surface area contributed by atoms with E-state index in [4.69, 9.17) is 5.11 Å². The number of aliphatic carboxylic acids is 1. The van der Waals surface area contributed by atoms with E-state index >= 15 is 0 Å². The van der Waals surface area contributed by atoms with E-state index in [1.165, 1.54) is 0 Å². The van der Waals surface area contributed by atoms with Gasteiger partial charge in [-0.2, -0.15) is 0 Å². The quantitative estimate of drug-likeness (QED) is 0.637. The lowest BCUT2D eigenvalue weighted by Crippen LogP contribution is -2.26. The first kappa shape index (κ1) is 7.58. The average Bonchev–Trinajstić information content (AvgIpc) is 2.46. The molecule has 1 aliphatic carbocycles. The number of carboxylic acids is 1. The average molecular weight is 142 g/mol. The molecule has 2 heteroatoms. The van der Waals surface area contributed by atoms with Crippen molar-refractivity contribution in [2.24, 2.45) is 17.3 Å². The minimum atomic E-state index is -0.665. The fraction of sp³-hybridized carbons (Fsp3) is 0.875. The Bertz CT molecular complexity index is 161. The van der Waals surface area contributed by atoms with Gasteiger partial charge in [0.15, 0.2) is 0 Å². The van der Waals surface area contributed by atoms with E-state index in [0.29, 0.717) is 11.8 Å². The maximum Gasteiger partial charge on any atom is 0.309 e. The normalized spacial score (nSPS) is 31.9. The molecule has 2 nitrogen and oxygen atoms in total. The molecule has 0 bridgehead atoms. The van der Waals surface area contributed by atoms with E-state index in [1.54, 1.807) is 0 Å². The third kappa shape index (κ3) is 1.02. The summed E-state index contributed by atoms with van der Waals surface area (Å²) in [4.78, 5) is 10.6. The van der Waals surface area contributed by atoms with E-state index in [9.17, 15) is 4.79 Å². The van der Waals surface area contributed by atoms with Gasteiger partial charge in [-0.15, -0.1) is 0 Å². The molecule has 2 atom stereocenters. The molecule has 0 amide bonds. The van der Waals surface area contributed by atoms with E-state index in [1.807, 2.05) is 13.8 Å². The van der Waals surface area contributed by atoms with Crippen molar-refractivity contribution in [2.45, 2.75) is 27.2 Å². The molecule has 1 rings (SSSR count). The molecule has 1 N–H and O–H groups in total. The molecule has 0 spiro atoms. The van der Waals surface area contributed by atoms with Crippen LogP contribution < -0.4 is 0 Å². The van der Waals surface area contributed by atoms with E-state index in [2.05, 4.69) is 6.92 Å². The number of carbonyl (C=O) groups is 1. The Morgan fingerprint density at radius 2 is 2.00 bits per heavy atom. The first-order chi connectivity index (χ1) is 4.46. The van der Waals surface area contributed by atoms with Crippen LogP contribution in [-0.2, 0) is 4.79 Å². The van der Waals surface area contributed by atoms with Gasteiger partial charge in [0.25, 0.3) is 0 Å². The number of hydrogen-bond acceptors (Lipinski definition) is 1. The van der Waals surface area contributed by atoms with Crippen LogP contribution in [0.2, 0.25) is 0 Å². The Kier molecular flexibility index (Phi) is 1.50. The summed E-state index contributed by atoms with van der Waals surface area (Å²) in [5.74, 6) is 0.359. The molecule has 0 saturated heterocycles. The Morgan fingerprint density at radius 1 is 1.60 bits per heavy atom. The fourth-order valence-corrected chi connectivity index (χ4v) is 1.49. The van der Waals surface area contributed by atoms with Crippen LogP contribution in [0.15, 0.2) is 0 Å². The van der Waals surface area contributed by atoms with Gasteiger partial charge < -0.3 is 5.11 Å². The lowest BCUT2D eigenvalue weighted by atomic mass is 9.86. The highest BCUT2D eigenvalue weighted by Gasteiger charge is 2.48. The summed E-state index contributed by atoms with van der Waals surface area (Å²) >= 11 is 0. The maximum atomic E-state index is 10.6. The molecule has 10 heavy (non-hydrogen) atoms. The van der Waals surface area contributed by atoms with Gasteiger partial charge in [0.1, 0.15) is 0 Å². The zero-order valence-electron chi connectivity index (χ0n) is 6.72. The SMILES string of the molecule is CC1CC1C(C)(C)C(=O)O. The van der Waals surface area contributed by atoms with Crippen LogP contribution in [0.4, 0.5) is 0 Å². The van der Waals surface area contributed by atoms with Crippen molar-refractivity contribution >= 4 is 5.97 Å². The maximum absolute atomic E-state index is 10.6. The van der Waals surface area contributed by atoms with Crippen molar-refractivity contribution in [1.29, 1.82) is 0 Å². The summed E-state index contributed by atoms with van der Waals surface area (Å²) in [7, 11) is 0. The van der Waals surface area contributed by atoms with E-state index in [0.717, 1.165) is 6.42 Å². The Hall–Kier alpha value is -0.530. The topological polar surface area (TPSA) is 37.3 Å². The second kappa shape index (κ2) is 1.97. The molecule has 0 aromatic rings. The predicted molar refractivity (Wildman–Crippen MR) is 38.7 cm³/mol. The predicted octanol–water partition coefficient (Wildman–Crippen LogP) is 1.75. The number of hydrogen-bond donors (Lipinski definition) is 1. The highest BCUT2D eigenvalue weighted by molar-refractivity contribution is 5.74. The largest absolute Gasteiger partial charge is 0.481 e. The molecule has 0 aromatic carbocycles. The van der Waals surface area contributed by atoms with Crippen LogP contribution in [0.1, 0.15) is 27.2 Å². The molecule has 0 radical (unpaired) electrons. The van der Waals surface area contributed by atoms with Crippen molar-refractivity contribution in [3.63, 3.8) is 0 Å². The highest BCUT2D eigenvalue weighted by Crippen LogP contribution is 2.50. The van der Waals surface area contributed by atoms with Crippen molar-refractivity contribution in [3.8, 4) is 0 Å². The zero-order valence-corrected chi connectivity index (χ0v) is 6.72. The summed E-state index contributed by atoms with van der Waals surface area (Å²) in [6, 6.07) is 0. The third-order valence-corrected chi connectivity index (χ3v) is 2.59. The molecule has 0 aliphatic heterocycles. The molecule has 0 aromatic heterocycles. The monoisotopic (exact) mass is 142 g/mol. The van der Waals surface area contributed by atoms with E-state index in [-0.39, 0.29) is 0 Å². The Morgan fingerprint density at radius 3 is 2.10 bits per heavy atom. The van der Waals surface area contributed by atoms with Crippen LogP contribution in [0.3, 0.4) is 0 Å².